The van der Waals surface area contributed by atoms with Crippen molar-refractivity contribution in [2.45, 2.75) is 13.5 Å². The van der Waals surface area contributed by atoms with Gasteiger partial charge in [-0.25, -0.2) is 4.99 Å². The molecule has 0 radical (unpaired) electrons. The lowest BCUT2D eigenvalue weighted by atomic mass is 10.2. The highest BCUT2D eigenvalue weighted by Crippen LogP contribution is 2.13. The first-order chi connectivity index (χ1) is 13.1. The van der Waals surface area contributed by atoms with E-state index in [1.165, 1.54) is 12.1 Å². The maximum atomic E-state index is 12.0. The zero-order chi connectivity index (χ0) is 19.5. The van der Waals surface area contributed by atoms with Gasteiger partial charge in [0.1, 0.15) is 11.5 Å². The molecule has 0 atom stereocenters. The molecule has 0 fully saturated rings. The van der Waals surface area contributed by atoms with Crippen LogP contribution in [0.4, 0.5) is 0 Å². The molecular formula is C20H26N4O3. The monoisotopic (exact) mass is 370 g/mol. The van der Waals surface area contributed by atoms with Crippen LogP contribution in [-0.4, -0.2) is 43.7 Å². The van der Waals surface area contributed by atoms with Crippen LogP contribution in [0, 0.1) is 0 Å². The second-order valence-corrected chi connectivity index (χ2v) is 5.78. The van der Waals surface area contributed by atoms with Crippen molar-refractivity contribution >= 4 is 11.9 Å². The number of aromatic hydroxyl groups is 1. The summed E-state index contributed by atoms with van der Waals surface area (Å²) in [6, 6.07) is 13.9. The van der Waals surface area contributed by atoms with Crippen LogP contribution in [0.2, 0.25) is 0 Å². The van der Waals surface area contributed by atoms with Crippen molar-refractivity contribution in [1.29, 1.82) is 0 Å². The Hall–Kier alpha value is -3.22. The van der Waals surface area contributed by atoms with Crippen LogP contribution in [0.25, 0.3) is 0 Å². The minimum absolute atomic E-state index is 0.135. The standard InChI is InChI=1S/C20H26N4O3/c1-3-21-20(24-14-15-5-4-6-18(13-15)27-2)23-12-11-22-19(26)16-7-9-17(25)10-8-16/h4-10,13,25H,3,11-12,14H2,1-2H3,(H,22,26)(H2,21,23,24). The number of hydrogen-bond donors (Lipinski definition) is 4. The van der Waals surface area contributed by atoms with Crippen LogP contribution < -0.4 is 20.7 Å². The van der Waals surface area contributed by atoms with E-state index in [1.807, 2.05) is 31.2 Å². The lowest BCUT2D eigenvalue weighted by Gasteiger charge is -2.12. The maximum Gasteiger partial charge on any atom is 0.251 e. The van der Waals surface area contributed by atoms with Crippen LogP contribution in [0.5, 0.6) is 11.5 Å². The quantitative estimate of drug-likeness (QED) is 0.323. The number of carbonyl (C=O) groups is 1. The predicted octanol–water partition coefficient (Wildman–Crippen LogP) is 1.89. The molecule has 0 heterocycles. The number of carbonyl (C=O) groups excluding carboxylic acids is 1. The molecule has 7 heteroatoms. The molecule has 0 bridgehead atoms. The average molecular weight is 370 g/mol. The topological polar surface area (TPSA) is 95.0 Å². The van der Waals surface area contributed by atoms with Crippen LogP contribution in [-0.2, 0) is 6.54 Å². The van der Waals surface area contributed by atoms with Crippen LogP contribution >= 0.6 is 0 Å². The fourth-order valence-electron chi connectivity index (χ4n) is 2.35. The molecule has 144 valence electrons. The highest BCUT2D eigenvalue weighted by molar-refractivity contribution is 5.94. The molecule has 0 saturated heterocycles. The van der Waals surface area contributed by atoms with E-state index in [0.29, 0.717) is 31.2 Å². The van der Waals surface area contributed by atoms with Crippen molar-refractivity contribution in [1.82, 2.24) is 16.0 Å². The fourth-order valence-corrected chi connectivity index (χ4v) is 2.35. The number of rotatable bonds is 8. The van der Waals surface area contributed by atoms with E-state index in [0.717, 1.165) is 17.9 Å². The van der Waals surface area contributed by atoms with Crippen LogP contribution in [0.15, 0.2) is 53.5 Å². The van der Waals surface area contributed by atoms with Gasteiger partial charge in [0.2, 0.25) is 0 Å². The third-order valence-electron chi connectivity index (χ3n) is 3.73. The Balaban J connectivity index is 1.81. The Morgan fingerprint density at radius 1 is 1.07 bits per heavy atom. The summed E-state index contributed by atoms with van der Waals surface area (Å²) in [5.41, 5.74) is 1.55. The van der Waals surface area contributed by atoms with Crippen molar-refractivity contribution in [3.63, 3.8) is 0 Å². The van der Waals surface area contributed by atoms with Gasteiger partial charge in [0.15, 0.2) is 5.96 Å². The predicted molar refractivity (Wildman–Crippen MR) is 106 cm³/mol. The number of benzene rings is 2. The van der Waals surface area contributed by atoms with E-state index in [-0.39, 0.29) is 11.7 Å². The van der Waals surface area contributed by atoms with E-state index in [2.05, 4.69) is 20.9 Å². The Kier molecular flexibility index (Phi) is 7.96. The van der Waals surface area contributed by atoms with Gasteiger partial charge in [0.05, 0.1) is 13.7 Å². The molecule has 2 aromatic rings. The first kappa shape index (κ1) is 20.1. The van der Waals surface area contributed by atoms with Crippen molar-refractivity contribution < 1.29 is 14.6 Å². The van der Waals surface area contributed by atoms with Gasteiger partial charge in [-0.1, -0.05) is 12.1 Å². The second-order valence-electron chi connectivity index (χ2n) is 5.78. The number of phenolic OH excluding ortho intramolecular Hbond substituents is 1. The van der Waals surface area contributed by atoms with E-state index in [4.69, 9.17) is 4.74 Å². The maximum absolute atomic E-state index is 12.0. The average Bonchev–Trinajstić information content (AvgIpc) is 2.69. The zero-order valence-electron chi connectivity index (χ0n) is 15.7. The number of hydrogen-bond acceptors (Lipinski definition) is 4. The first-order valence-electron chi connectivity index (χ1n) is 8.84. The highest BCUT2D eigenvalue weighted by atomic mass is 16.5. The minimum Gasteiger partial charge on any atom is -0.508 e. The van der Waals surface area contributed by atoms with E-state index in [9.17, 15) is 9.90 Å². The van der Waals surface area contributed by atoms with Gasteiger partial charge in [0.25, 0.3) is 5.91 Å². The van der Waals surface area contributed by atoms with Crippen molar-refractivity contribution in [2.24, 2.45) is 4.99 Å². The third-order valence-corrected chi connectivity index (χ3v) is 3.73. The molecule has 0 saturated carbocycles. The SMILES string of the molecule is CCNC(=NCc1cccc(OC)c1)NCCNC(=O)c1ccc(O)cc1. The van der Waals surface area contributed by atoms with Gasteiger partial charge in [-0.05, 0) is 48.9 Å². The molecule has 0 aliphatic carbocycles. The van der Waals surface area contributed by atoms with Crippen molar-refractivity contribution in [2.75, 3.05) is 26.7 Å². The summed E-state index contributed by atoms with van der Waals surface area (Å²) >= 11 is 0. The normalized spacial score (nSPS) is 11.0. The molecule has 2 rings (SSSR count). The fraction of sp³-hybridized carbons (Fsp3) is 0.300. The number of aliphatic imine (C=N–C) groups is 1. The summed E-state index contributed by atoms with van der Waals surface area (Å²) in [7, 11) is 1.64. The molecule has 0 aliphatic rings. The van der Waals surface area contributed by atoms with E-state index < -0.39 is 0 Å². The summed E-state index contributed by atoms with van der Waals surface area (Å²) in [5.74, 6) is 1.43. The summed E-state index contributed by atoms with van der Waals surface area (Å²) in [4.78, 5) is 16.6. The second kappa shape index (κ2) is 10.7. The Morgan fingerprint density at radius 3 is 2.52 bits per heavy atom. The number of phenols is 1. The number of ether oxygens (including phenoxy) is 1. The minimum atomic E-state index is -0.185. The molecule has 0 aromatic heterocycles. The van der Waals surface area contributed by atoms with Gasteiger partial charge >= 0.3 is 0 Å². The van der Waals surface area contributed by atoms with E-state index in [1.54, 1.807) is 19.2 Å². The molecule has 0 unspecified atom stereocenters. The van der Waals surface area contributed by atoms with Crippen molar-refractivity contribution in [3.05, 3.63) is 59.7 Å². The number of methoxy groups -OCH3 is 1. The smallest absolute Gasteiger partial charge is 0.251 e. The zero-order valence-corrected chi connectivity index (χ0v) is 15.7. The Morgan fingerprint density at radius 2 is 1.81 bits per heavy atom. The lowest BCUT2D eigenvalue weighted by Crippen LogP contribution is -2.41. The number of nitrogens with zero attached hydrogens (tertiary/aromatic N) is 1. The number of nitrogens with one attached hydrogen (secondary N) is 3. The summed E-state index contributed by atoms with van der Waals surface area (Å²) in [6.07, 6.45) is 0. The molecule has 4 N–H and O–H groups in total. The Bertz CT molecular complexity index is 760. The lowest BCUT2D eigenvalue weighted by molar-refractivity contribution is 0.0954. The largest absolute Gasteiger partial charge is 0.508 e. The molecule has 1 amide bonds. The molecule has 0 aliphatic heterocycles. The van der Waals surface area contributed by atoms with Gasteiger partial charge < -0.3 is 25.8 Å². The molecular weight excluding hydrogens is 344 g/mol. The Labute approximate surface area is 159 Å². The van der Waals surface area contributed by atoms with Gasteiger partial charge in [0, 0.05) is 25.2 Å². The molecule has 2 aromatic carbocycles. The summed E-state index contributed by atoms with van der Waals surface area (Å²) in [5, 5.41) is 18.4. The van der Waals surface area contributed by atoms with Crippen LogP contribution in [0.1, 0.15) is 22.8 Å². The van der Waals surface area contributed by atoms with Gasteiger partial charge in [-0.2, -0.15) is 0 Å². The first-order valence-corrected chi connectivity index (χ1v) is 8.84. The van der Waals surface area contributed by atoms with Gasteiger partial charge in [-0.3, -0.25) is 4.79 Å². The molecule has 27 heavy (non-hydrogen) atoms. The number of guanidine groups is 1. The van der Waals surface area contributed by atoms with Crippen LogP contribution in [0.3, 0.4) is 0 Å². The van der Waals surface area contributed by atoms with E-state index >= 15 is 0 Å². The summed E-state index contributed by atoms with van der Waals surface area (Å²) in [6.45, 7) is 4.24. The van der Waals surface area contributed by atoms with Crippen molar-refractivity contribution in [3.8, 4) is 11.5 Å². The molecule has 0 spiro atoms. The summed E-state index contributed by atoms with van der Waals surface area (Å²) < 4.78 is 5.22. The highest BCUT2D eigenvalue weighted by Gasteiger charge is 2.04. The van der Waals surface area contributed by atoms with Gasteiger partial charge in [-0.15, -0.1) is 0 Å². The third kappa shape index (κ3) is 6.89. The molecule has 7 nitrogen and oxygen atoms in total. The number of amides is 1.